The number of piperidine rings is 1. The summed E-state index contributed by atoms with van der Waals surface area (Å²) in [4.78, 5) is 5.03. The third-order valence-corrected chi connectivity index (χ3v) is 3.77. The first-order valence-electron chi connectivity index (χ1n) is 7.28. The lowest BCUT2D eigenvalue weighted by atomic mass is 9.96. The fraction of sp³-hybridized carbons (Fsp3) is 1.00. The quantitative estimate of drug-likeness (QED) is 0.734. The van der Waals surface area contributed by atoms with Crippen molar-refractivity contribution in [1.82, 2.24) is 9.80 Å². The van der Waals surface area contributed by atoms with Gasteiger partial charge in [-0.1, -0.05) is 20.8 Å². The molecule has 0 aromatic carbocycles. The van der Waals surface area contributed by atoms with Crippen LogP contribution in [0.5, 0.6) is 0 Å². The first kappa shape index (κ1) is 17.3. The van der Waals surface area contributed by atoms with Crippen molar-refractivity contribution in [3.8, 4) is 0 Å². The van der Waals surface area contributed by atoms with Gasteiger partial charge < -0.3 is 9.80 Å². The molecule has 0 N–H and O–H groups in total. The molecule has 0 aromatic rings. The highest BCUT2D eigenvalue weighted by molar-refractivity contribution is 7.80. The van der Waals surface area contributed by atoms with E-state index in [0.717, 1.165) is 11.7 Å². The van der Waals surface area contributed by atoms with Crippen LogP contribution >= 0.6 is 12.6 Å². The maximum absolute atomic E-state index is 4.26. The summed E-state index contributed by atoms with van der Waals surface area (Å²) in [5, 5.41) is 0. The molecule has 1 aliphatic rings. The third-order valence-electron chi connectivity index (χ3n) is 3.45. The Labute approximate surface area is 114 Å². The third kappa shape index (κ3) is 8.06. The summed E-state index contributed by atoms with van der Waals surface area (Å²) in [5.74, 6) is 1.96. The first-order valence-corrected chi connectivity index (χ1v) is 7.91. The van der Waals surface area contributed by atoms with Crippen molar-refractivity contribution < 1.29 is 0 Å². The van der Waals surface area contributed by atoms with Crippen molar-refractivity contribution in [3.63, 3.8) is 0 Å². The molecule has 104 valence electrons. The second kappa shape index (κ2) is 11.4. The standard InChI is InChI=1S/C12H26N2S.C2H6/c1-3-13(2)11-12-5-8-14(9-6-12)7-4-10-15;1-2/h12,15H,3-11H2,1-2H3;1-2H3. The van der Waals surface area contributed by atoms with Crippen LogP contribution in [-0.2, 0) is 0 Å². The average Bonchev–Trinajstić information content (AvgIpc) is 2.40. The topological polar surface area (TPSA) is 6.48 Å². The lowest BCUT2D eigenvalue weighted by Crippen LogP contribution is -2.38. The predicted octanol–water partition coefficient (Wildman–Crippen LogP) is 3.00. The number of rotatable bonds is 6. The zero-order valence-corrected chi connectivity index (χ0v) is 13.2. The van der Waals surface area contributed by atoms with Crippen LogP contribution in [0, 0.1) is 5.92 Å². The molecule has 1 aliphatic heterocycles. The van der Waals surface area contributed by atoms with Crippen molar-refractivity contribution in [1.29, 1.82) is 0 Å². The van der Waals surface area contributed by atoms with E-state index in [2.05, 4.69) is 36.4 Å². The van der Waals surface area contributed by atoms with Crippen LogP contribution in [0.3, 0.4) is 0 Å². The van der Waals surface area contributed by atoms with Crippen molar-refractivity contribution >= 4 is 12.6 Å². The second-order valence-electron chi connectivity index (χ2n) is 4.72. The Morgan fingerprint density at radius 2 is 1.82 bits per heavy atom. The SMILES string of the molecule is CC.CCN(C)CC1CCN(CCCS)CC1. The molecule has 1 rings (SSSR count). The zero-order valence-electron chi connectivity index (χ0n) is 12.3. The molecule has 0 amide bonds. The van der Waals surface area contributed by atoms with Crippen molar-refractivity contribution in [2.75, 3.05) is 45.5 Å². The smallest absolute Gasteiger partial charge is 0.000744 e. The molecule has 0 bridgehead atoms. The Balaban J connectivity index is 0.00000121. The summed E-state index contributed by atoms with van der Waals surface area (Å²) in [6, 6.07) is 0. The lowest BCUT2D eigenvalue weighted by molar-refractivity contribution is 0.157. The van der Waals surface area contributed by atoms with Gasteiger partial charge in [-0.15, -0.1) is 0 Å². The van der Waals surface area contributed by atoms with Crippen molar-refractivity contribution in [2.24, 2.45) is 5.92 Å². The van der Waals surface area contributed by atoms with Gasteiger partial charge in [0.25, 0.3) is 0 Å². The molecule has 0 atom stereocenters. The van der Waals surface area contributed by atoms with Crippen molar-refractivity contribution in [3.05, 3.63) is 0 Å². The van der Waals surface area contributed by atoms with E-state index in [1.165, 1.54) is 52.0 Å². The van der Waals surface area contributed by atoms with Gasteiger partial charge in [0.1, 0.15) is 0 Å². The summed E-state index contributed by atoms with van der Waals surface area (Å²) >= 11 is 4.26. The van der Waals surface area contributed by atoms with Crippen LogP contribution in [0.1, 0.15) is 40.0 Å². The first-order chi connectivity index (χ1) is 8.26. The van der Waals surface area contributed by atoms with E-state index in [-0.39, 0.29) is 0 Å². The van der Waals surface area contributed by atoms with Gasteiger partial charge in [0.2, 0.25) is 0 Å². The monoisotopic (exact) mass is 260 g/mol. The molecule has 0 aromatic heterocycles. The molecule has 2 nitrogen and oxygen atoms in total. The fourth-order valence-electron chi connectivity index (χ4n) is 2.26. The number of hydrogen-bond donors (Lipinski definition) is 1. The van der Waals surface area contributed by atoms with Gasteiger partial charge in [0.05, 0.1) is 0 Å². The lowest BCUT2D eigenvalue weighted by Gasteiger charge is -2.33. The van der Waals surface area contributed by atoms with E-state index in [4.69, 9.17) is 0 Å². The summed E-state index contributed by atoms with van der Waals surface area (Å²) in [6.45, 7) is 12.6. The molecule has 1 saturated heterocycles. The summed E-state index contributed by atoms with van der Waals surface area (Å²) < 4.78 is 0. The Bertz CT molecular complexity index is 156. The van der Waals surface area contributed by atoms with E-state index < -0.39 is 0 Å². The van der Waals surface area contributed by atoms with E-state index in [9.17, 15) is 0 Å². The molecule has 1 heterocycles. The summed E-state index contributed by atoms with van der Waals surface area (Å²) in [5.41, 5.74) is 0. The van der Waals surface area contributed by atoms with Crippen LogP contribution in [0.4, 0.5) is 0 Å². The Morgan fingerprint density at radius 1 is 1.24 bits per heavy atom. The largest absolute Gasteiger partial charge is 0.306 e. The van der Waals surface area contributed by atoms with Gasteiger partial charge in [-0.3, -0.25) is 0 Å². The van der Waals surface area contributed by atoms with Crippen LogP contribution in [0.15, 0.2) is 0 Å². The Morgan fingerprint density at radius 3 is 2.29 bits per heavy atom. The van der Waals surface area contributed by atoms with Crippen molar-refractivity contribution in [2.45, 2.75) is 40.0 Å². The molecular formula is C14H32N2S. The maximum Gasteiger partial charge on any atom is 0.000744 e. The van der Waals surface area contributed by atoms with Gasteiger partial charge in [-0.25, -0.2) is 0 Å². The van der Waals surface area contributed by atoms with E-state index in [0.29, 0.717) is 0 Å². The maximum atomic E-state index is 4.26. The van der Waals surface area contributed by atoms with E-state index >= 15 is 0 Å². The van der Waals surface area contributed by atoms with Gasteiger partial charge in [0, 0.05) is 6.54 Å². The number of likely N-dealkylation sites (tertiary alicyclic amines) is 1. The van der Waals surface area contributed by atoms with Gasteiger partial charge in [-0.2, -0.15) is 12.6 Å². The van der Waals surface area contributed by atoms with Crippen LogP contribution in [-0.4, -0.2) is 55.3 Å². The number of nitrogens with zero attached hydrogens (tertiary/aromatic N) is 2. The minimum atomic E-state index is 0.933. The molecule has 0 saturated carbocycles. The van der Waals surface area contributed by atoms with E-state index in [1.807, 2.05) is 13.8 Å². The zero-order chi connectivity index (χ0) is 13.1. The minimum absolute atomic E-state index is 0.933. The number of thiol groups is 1. The highest BCUT2D eigenvalue weighted by atomic mass is 32.1. The molecule has 0 unspecified atom stereocenters. The van der Waals surface area contributed by atoms with Crippen LogP contribution in [0.25, 0.3) is 0 Å². The van der Waals surface area contributed by atoms with Gasteiger partial charge in [0.15, 0.2) is 0 Å². The molecular weight excluding hydrogens is 228 g/mol. The number of hydrogen-bond acceptors (Lipinski definition) is 3. The van der Waals surface area contributed by atoms with Crippen LogP contribution < -0.4 is 0 Å². The summed E-state index contributed by atoms with van der Waals surface area (Å²) in [7, 11) is 2.23. The summed E-state index contributed by atoms with van der Waals surface area (Å²) in [6.07, 6.45) is 4.01. The Hall–Kier alpha value is 0.270. The van der Waals surface area contributed by atoms with Gasteiger partial charge >= 0.3 is 0 Å². The van der Waals surface area contributed by atoms with E-state index in [1.54, 1.807) is 0 Å². The molecule has 0 spiro atoms. The fourth-order valence-corrected chi connectivity index (χ4v) is 2.40. The highest BCUT2D eigenvalue weighted by Gasteiger charge is 2.19. The highest BCUT2D eigenvalue weighted by Crippen LogP contribution is 2.18. The molecule has 0 radical (unpaired) electrons. The molecule has 1 fully saturated rings. The Kier molecular flexibility index (Phi) is 11.5. The predicted molar refractivity (Wildman–Crippen MR) is 82.2 cm³/mol. The normalized spacial score (nSPS) is 18.0. The van der Waals surface area contributed by atoms with Gasteiger partial charge in [-0.05, 0) is 64.2 Å². The molecule has 17 heavy (non-hydrogen) atoms. The second-order valence-corrected chi connectivity index (χ2v) is 5.16. The minimum Gasteiger partial charge on any atom is -0.306 e. The molecule has 3 heteroatoms. The molecule has 0 aliphatic carbocycles. The average molecular weight is 260 g/mol. The van der Waals surface area contributed by atoms with Crippen LogP contribution in [0.2, 0.25) is 0 Å².